The van der Waals surface area contributed by atoms with Crippen molar-refractivity contribution < 1.29 is 4.79 Å². The molecule has 1 amide bonds. The van der Waals surface area contributed by atoms with E-state index in [2.05, 4.69) is 15.5 Å². The Morgan fingerprint density at radius 3 is 2.95 bits per heavy atom. The van der Waals surface area contributed by atoms with Gasteiger partial charge in [0.05, 0.1) is 17.1 Å². The van der Waals surface area contributed by atoms with E-state index >= 15 is 0 Å². The van der Waals surface area contributed by atoms with Crippen LogP contribution < -0.4 is 5.32 Å². The van der Waals surface area contributed by atoms with Crippen LogP contribution in [0.3, 0.4) is 0 Å². The molecule has 19 heavy (non-hydrogen) atoms. The minimum atomic E-state index is -0.234. The fraction of sp³-hybridized carbons (Fsp3) is 0.250. The number of halogens is 1. The molecule has 0 spiro atoms. The van der Waals surface area contributed by atoms with Gasteiger partial charge in [0.15, 0.2) is 10.6 Å². The average molecular weight is 297 g/mol. The van der Waals surface area contributed by atoms with Crippen LogP contribution in [0.15, 0.2) is 24.3 Å². The molecule has 0 saturated carbocycles. The molecular weight excluding hydrogens is 284 g/mol. The molecule has 0 fully saturated rings. The summed E-state index contributed by atoms with van der Waals surface area (Å²) in [7, 11) is 0. The van der Waals surface area contributed by atoms with E-state index in [9.17, 15) is 4.79 Å². The standard InChI is InChI=1S/C12H13ClN4OS/c1-2-17-10(15-16-12(17)19)7-14-11(18)8-5-3-4-6-9(8)13/h3-6H,2,7H2,1H3,(H,14,18)(H,16,19). The van der Waals surface area contributed by atoms with E-state index in [4.69, 9.17) is 23.8 Å². The van der Waals surface area contributed by atoms with E-state index in [0.29, 0.717) is 34.3 Å². The SMILES string of the molecule is CCn1c(CNC(=O)c2ccccc2Cl)n[nH]c1=S. The lowest BCUT2D eigenvalue weighted by molar-refractivity contribution is 0.0949. The predicted octanol–water partition coefficient (Wildman–Crippen LogP) is 2.54. The van der Waals surface area contributed by atoms with Gasteiger partial charge < -0.3 is 9.88 Å². The van der Waals surface area contributed by atoms with Crippen LogP contribution in [0.1, 0.15) is 23.1 Å². The first-order valence-electron chi connectivity index (χ1n) is 5.80. The number of H-pyrrole nitrogens is 1. The first-order chi connectivity index (χ1) is 9.13. The van der Waals surface area contributed by atoms with Gasteiger partial charge in [0.2, 0.25) is 0 Å². The van der Waals surface area contributed by atoms with Gasteiger partial charge in [-0.25, -0.2) is 0 Å². The van der Waals surface area contributed by atoms with Gasteiger partial charge in [-0.1, -0.05) is 23.7 Å². The Labute approximate surface area is 120 Å². The molecule has 1 aromatic carbocycles. The van der Waals surface area contributed by atoms with Gasteiger partial charge in [-0.2, -0.15) is 5.10 Å². The summed E-state index contributed by atoms with van der Waals surface area (Å²) >= 11 is 11.0. The first kappa shape index (κ1) is 13.8. The molecule has 0 aliphatic rings. The number of nitrogens with one attached hydrogen (secondary N) is 2. The van der Waals surface area contributed by atoms with Gasteiger partial charge in [-0.15, -0.1) is 0 Å². The van der Waals surface area contributed by atoms with E-state index in [1.807, 2.05) is 11.5 Å². The molecule has 0 aliphatic heterocycles. The Kier molecular flexibility index (Phi) is 4.34. The highest BCUT2D eigenvalue weighted by molar-refractivity contribution is 7.71. The summed E-state index contributed by atoms with van der Waals surface area (Å²) < 4.78 is 2.37. The first-order valence-corrected chi connectivity index (χ1v) is 6.59. The van der Waals surface area contributed by atoms with Crippen molar-refractivity contribution in [3.05, 3.63) is 45.4 Å². The number of aromatic amines is 1. The third-order valence-electron chi connectivity index (χ3n) is 2.68. The Morgan fingerprint density at radius 1 is 1.53 bits per heavy atom. The predicted molar refractivity (Wildman–Crippen MR) is 75.7 cm³/mol. The minimum Gasteiger partial charge on any atom is -0.345 e. The topological polar surface area (TPSA) is 62.7 Å². The van der Waals surface area contributed by atoms with Crippen molar-refractivity contribution in [2.45, 2.75) is 20.0 Å². The number of carbonyl (C=O) groups is 1. The number of benzene rings is 1. The Hall–Kier alpha value is -1.66. The summed E-state index contributed by atoms with van der Waals surface area (Å²) in [5.41, 5.74) is 0.446. The summed E-state index contributed by atoms with van der Waals surface area (Å²) in [5, 5.41) is 9.97. The summed E-state index contributed by atoms with van der Waals surface area (Å²) in [6, 6.07) is 6.90. The number of aromatic nitrogens is 3. The molecule has 7 heteroatoms. The average Bonchev–Trinajstić information content (AvgIpc) is 2.77. The van der Waals surface area contributed by atoms with E-state index in [0.717, 1.165) is 0 Å². The maximum atomic E-state index is 12.0. The molecule has 0 bridgehead atoms. The van der Waals surface area contributed by atoms with Crippen molar-refractivity contribution in [1.29, 1.82) is 0 Å². The van der Waals surface area contributed by atoms with Crippen molar-refractivity contribution in [1.82, 2.24) is 20.1 Å². The number of hydrogen-bond donors (Lipinski definition) is 2. The minimum absolute atomic E-state index is 0.234. The van der Waals surface area contributed by atoms with Crippen LogP contribution >= 0.6 is 23.8 Å². The van der Waals surface area contributed by atoms with Crippen molar-refractivity contribution in [3.63, 3.8) is 0 Å². The molecule has 100 valence electrons. The molecule has 0 saturated heterocycles. The third-order valence-corrected chi connectivity index (χ3v) is 3.32. The van der Waals surface area contributed by atoms with Crippen LogP contribution in [0.25, 0.3) is 0 Å². The normalized spacial score (nSPS) is 10.4. The molecule has 2 N–H and O–H groups in total. The third kappa shape index (κ3) is 3.02. The smallest absolute Gasteiger partial charge is 0.253 e. The summed E-state index contributed by atoms with van der Waals surface area (Å²) in [5.74, 6) is 0.454. The molecule has 2 rings (SSSR count). The van der Waals surface area contributed by atoms with Crippen molar-refractivity contribution >= 4 is 29.7 Å². The molecule has 1 aromatic heterocycles. The van der Waals surface area contributed by atoms with Crippen molar-refractivity contribution in [2.75, 3.05) is 0 Å². The van der Waals surface area contributed by atoms with E-state index in [1.54, 1.807) is 24.3 Å². The fourth-order valence-corrected chi connectivity index (χ4v) is 2.21. The second-order valence-corrected chi connectivity index (χ2v) is 4.65. The number of carbonyl (C=O) groups excluding carboxylic acids is 1. The monoisotopic (exact) mass is 296 g/mol. The maximum absolute atomic E-state index is 12.0. The number of nitrogens with zero attached hydrogens (tertiary/aromatic N) is 2. The van der Waals surface area contributed by atoms with Gasteiger partial charge in [-0.3, -0.25) is 9.89 Å². The van der Waals surface area contributed by atoms with Gasteiger partial charge in [0, 0.05) is 6.54 Å². The zero-order valence-corrected chi connectivity index (χ0v) is 11.9. The highest BCUT2D eigenvalue weighted by Crippen LogP contribution is 2.14. The molecule has 0 aliphatic carbocycles. The van der Waals surface area contributed by atoms with Crippen LogP contribution in [-0.2, 0) is 13.1 Å². The molecule has 0 unspecified atom stereocenters. The zero-order valence-electron chi connectivity index (χ0n) is 10.3. The number of hydrogen-bond acceptors (Lipinski definition) is 3. The van der Waals surface area contributed by atoms with Gasteiger partial charge in [0.25, 0.3) is 5.91 Å². The second-order valence-electron chi connectivity index (χ2n) is 3.85. The summed E-state index contributed by atoms with van der Waals surface area (Å²) in [6.45, 7) is 2.96. The molecule has 5 nitrogen and oxygen atoms in total. The van der Waals surface area contributed by atoms with Gasteiger partial charge in [-0.05, 0) is 31.3 Å². The largest absolute Gasteiger partial charge is 0.345 e. The molecule has 0 atom stereocenters. The maximum Gasteiger partial charge on any atom is 0.253 e. The lowest BCUT2D eigenvalue weighted by Gasteiger charge is -2.07. The van der Waals surface area contributed by atoms with Gasteiger partial charge in [0.1, 0.15) is 0 Å². The lowest BCUT2D eigenvalue weighted by Crippen LogP contribution is -2.25. The fourth-order valence-electron chi connectivity index (χ4n) is 1.71. The van der Waals surface area contributed by atoms with Crippen LogP contribution in [0.2, 0.25) is 5.02 Å². The number of rotatable bonds is 4. The van der Waals surface area contributed by atoms with Crippen molar-refractivity contribution in [2.24, 2.45) is 0 Å². The van der Waals surface area contributed by atoms with E-state index in [1.165, 1.54) is 0 Å². The molecule has 0 radical (unpaired) electrons. The molecule has 2 aromatic rings. The van der Waals surface area contributed by atoms with E-state index in [-0.39, 0.29) is 5.91 Å². The highest BCUT2D eigenvalue weighted by Gasteiger charge is 2.11. The van der Waals surface area contributed by atoms with Gasteiger partial charge >= 0.3 is 0 Å². The Balaban J connectivity index is 2.09. The number of amides is 1. The summed E-state index contributed by atoms with van der Waals surface area (Å²) in [6.07, 6.45) is 0. The Bertz CT molecular complexity index is 649. The zero-order chi connectivity index (χ0) is 13.8. The second kappa shape index (κ2) is 5.99. The van der Waals surface area contributed by atoms with E-state index < -0.39 is 0 Å². The molecule has 1 heterocycles. The molecular formula is C12H13ClN4OS. The Morgan fingerprint density at radius 2 is 2.26 bits per heavy atom. The van der Waals surface area contributed by atoms with Crippen molar-refractivity contribution in [3.8, 4) is 0 Å². The van der Waals surface area contributed by atoms with Crippen LogP contribution in [0.5, 0.6) is 0 Å². The van der Waals surface area contributed by atoms with Crippen LogP contribution in [0.4, 0.5) is 0 Å². The lowest BCUT2D eigenvalue weighted by atomic mass is 10.2. The highest BCUT2D eigenvalue weighted by atomic mass is 35.5. The quantitative estimate of drug-likeness (QED) is 0.852. The summed E-state index contributed by atoms with van der Waals surface area (Å²) in [4.78, 5) is 12.0. The van der Waals surface area contributed by atoms with Crippen LogP contribution in [-0.4, -0.2) is 20.7 Å². The van der Waals surface area contributed by atoms with Crippen LogP contribution in [0, 0.1) is 4.77 Å².